The quantitative estimate of drug-likeness (QED) is 0.861. The first-order valence-electron chi connectivity index (χ1n) is 7.23. The van der Waals surface area contributed by atoms with Crippen LogP contribution in [0.1, 0.15) is 22.8 Å². The third-order valence-electron chi connectivity index (χ3n) is 3.36. The molecule has 2 aromatic rings. The molecule has 0 aromatic heterocycles. The second kappa shape index (κ2) is 7.45. The Labute approximate surface area is 135 Å². The van der Waals surface area contributed by atoms with Gasteiger partial charge in [-0.2, -0.15) is 0 Å². The van der Waals surface area contributed by atoms with Crippen molar-refractivity contribution in [1.82, 2.24) is 0 Å². The van der Waals surface area contributed by atoms with Crippen LogP contribution in [-0.2, 0) is 9.53 Å². The van der Waals surface area contributed by atoms with Gasteiger partial charge in [0.2, 0.25) is 0 Å². The fraction of sp³-hybridized carbons (Fsp3) is 0.222. The molecule has 2 rings (SSSR count). The van der Waals surface area contributed by atoms with E-state index >= 15 is 0 Å². The second-order valence-electron chi connectivity index (χ2n) is 5.05. The van der Waals surface area contributed by atoms with Crippen molar-refractivity contribution in [1.29, 1.82) is 0 Å². The lowest BCUT2D eigenvalue weighted by molar-refractivity contribution is -0.122. The molecule has 0 heterocycles. The zero-order valence-electron chi connectivity index (χ0n) is 13.3. The molecule has 0 aliphatic carbocycles. The Morgan fingerprint density at radius 2 is 1.70 bits per heavy atom. The molecule has 0 saturated carbocycles. The number of rotatable bonds is 5. The van der Waals surface area contributed by atoms with Crippen LogP contribution in [0, 0.1) is 6.92 Å². The van der Waals surface area contributed by atoms with Gasteiger partial charge in [-0.1, -0.05) is 30.3 Å². The van der Waals surface area contributed by atoms with Crippen LogP contribution >= 0.6 is 0 Å². The highest BCUT2D eigenvalue weighted by molar-refractivity contribution is 6.02. The Bertz CT molecular complexity index is 712. The summed E-state index contributed by atoms with van der Waals surface area (Å²) in [4.78, 5) is 24.0. The molecule has 5 heteroatoms. The number of anilines is 1. The molecule has 0 spiro atoms. The van der Waals surface area contributed by atoms with Crippen molar-refractivity contribution in [3.8, 4) is 5.75 Å². The van der Waals surface area contributed by atoms with Crippen LogP contribution in [0.25, 0.3) is 0 Å². The molecule has 5 nitrogen and oxygen atoms in total. The molecule has 0 saturated heterocycles. The highest BCUT2D eigenvalue weighted by atomic mass is 16.5. The molecule has 0 bridgehead atoms. The number of amides is 1. The monoisotopic (exact) mass is 313 g/mol. The van der Waals surface area contributed by atoms with Crippen molar-refractivity contribution in [3.05, 3.63) is 59.7 Å². The number of ether oxygens (including phenoxy) is 2. The van der Waals surface area contributed by atoms with Gasteiger partial charge in [0.05, 0.1) is 18.4 Å². The summed E-state index contributed by atoms with van der Waals surface area (Å²) in [5.74, 6) is -0.200. The lowest BCUT2D eigenvalue weighted by atomic mass is 10.1. The van der Waals surface area contributed by atoms with Crippen molar-refractivity contribution >= 4 is 17.6 Å². The Morgan fingerprint density at radius 3 is 2.39 bits per heavy atom. The van der Waals surface area contributed by atoms with E-state index in [1.807, 2.05) is 31.2 Å². The summed E-state index contributed by atoms with van der Waals surface area (Å²) in [6.45, 7) is 3.56. The number of para-hydroxylation sites is 2. The first kappa shape index (κ1) is 16.5. The summed E-state index contributed by atoms with van der Waals surface area (Å²) < 4.78 is 10.4. The van der Waals surface area contributed by atoms with E-state index in [2.05, 4.69) is 5.32 Å². The van der Waals surface area contributed by atoms with Gasteiger partial charge < -0.3 is 14.8 Å². The topological polar surface area (TPSA) is 64.6 Å². The van der Waals surface area contributed by atoms with Gasteiger partial charge in [0.1, 0.15) is 5.75 Å². The molecule has 0 aliphatic heterocycles. The van der Waals surface area contributed by atoms with E-state index in [-0.39, 0.29) is 5.91 Å². The maximum Gasteiger partial charge on any atom is 0.339 e. The van der Waals surface area contributed by atoms with Crippen molar-refractivity contribution in [2.45, 2.75) is 20.0 Å². The largest absolute Gasteiger partial charge is 0.481 e. The van der Waals surface area contributed by atoms with Gasteiger partial charge in [0.25, 0.3) is 5.91 Å². The molecule has 1 atom stereocenters. The van der Waals surface area contributed by atoms with Crippen molar-refractivity contribution in [2.24, 2.45) is 0 Å². The fourth-order valence-corrected chi connectivity index (χ4v) is 2.05. The van der Waals surface area contributed by atoms with Crippen LogP contribution in [0.2, 0.25) is 0 Å². The molecule has 1 N–H and O–H groups in total. The molecule has 120 valence electrons. The maximum atomic E-state index is 12.3. The predicted octanol–water partition coefficient (Wildman–Crippen LogP) is 3.19. The van der Waals surface area contributed by atoms with Crippen LogP contribution in [0.4, 0.5) is 5.69 Å². The van der Waals surface area contributed by atoms with Gasteiger partial charge in [-0.15, -0.1) is 0 Å². The maximum absolute atomic E-state index is 12.3. The predicted molar refractivity (Wildman–Crippen MR) is 87.7 cm³/mol. The SMILES string of the molecule is COC(=O)c1ccccc1NC(=O)C(C)Oc1ccccc1C. The number of methoxy groups -OCH3 is 1. The Hall–Kier alpha value is -2.82. The van der Waals surface area contributed by atoms with E-state index in [1.165, 1.54) is 7.11 Å². The fourth-order valence-electron chi connectivity index (χ4n) is 2.05. The van der Waals surface area contributed by atoms with Crippen LogP contribution in [0.15, 0.2) is 48.5 Å². The minimum absolute atomic E-state index is 0.298. The number of aryl methyl sites for hydroxylation is 1. The molecule has 1 unspecified atom stereocenters. The first-order chi connectivity index (χ1) is 11.0. The summed E-state index contributed by atoms with van der Waals surface area (Å²) in [5, 5.41) is 2.70. The number of nitrogens with one attached hydrogen (secondary N) is 1. The van der Waals surface area contributed by atoms with E-state index in [0.29, 0.717) is 17.0 Å². The van der Waals surface area contributed by atoms with Gasteiger partial charge in [-0.05, 0) is 37.6 Å². The Morgan fingerprint density at radius 1 is 1.04 bits per heavy atom. The lowest BCUT2D eigenvalue weighted by Gasteiger charge is -2.17. The summed E-state index contributed by atoms with van der Waals surface area (Å²) >= 11 is 0. The second-order valence-corrected chi connectivity index (χ2v) is 5.05. The van der Waals surface area contributed by atoms with Gasteiger partial charge in [-0.25, -0.2) is 4.79 Å². The molecule has 1 amide bonds. The molecule has 0 aliphatic rings. The number of carbonyl (C=O) groups excluding carboxylic acids is 2. The number of esters is 1. The van der Waals surface area contributed by atoms with Crippen molar-refractivity contribution < 1.29 is 19.1 Å². The average molecular weight is 313 g/mol. The highest BCUT2D eigenvalue weighted by Crippen LogP contribution is 2.20. The van der Waals surface area contributed by atoms with E-state index < -0.39 is 12.1 Å². The minimum atomic E-state index is -0.707. The lowest BCUT2D eigenvalue weighted by Crippen LogP contribution is -2.31. The van der Waals surface area contributed by atoms with Crippen LogP contribution in [-0.4, -0.2) is 25.1 Å². The van der Waals surface area contributed by atoms with Gasteiger partial charge in [0.15, 0.2) is 6.10 Å². The summed E-state index contributed by atoms with van der Waals surface area (Å²) in [6, 6.07) is 14.1. The molecular weight excluding hydrogens is 294 g/mol. The number of hydrogen-bond acceptors (Lipinski definition) is 4. The molecule has 23 heavy (non-hydrogen) atoms. The highest BCUT2D eigenvalue weighted by Gasteiger charge is 2.19. The minimum Gasteiger partial charge on any atom is -0.481 e. The zero-order valence-corrected chi connectivity index (χ0v) is 13.3. The number of carbonyl (C=O) groups is 2. The third-order valence-corrected chi connectivity index (χ3v) is 3.36. The molecule has 0 radical (unpaired) electrons. The van der Waals surface area contributed by atoms with Crippen LogP contribution in [0.3, 0.4) is 0 Å². The molecule has 0 fully saturated rings. The van der Waals surface area contributed by atoms with Crippen molar-refractivity contribution in [2.75, 3.05) is 12.4 Å². The van der Waals surface area contributed by atoms with Gasteiger partial charge in [0, 0.05) is 0 Å². The van der Waals surface area contributed by atoms with E-state index in [1.54, 1.807) is 31.2 Å². The third kappa shape index (κ3) is 4.10. The van der Waals surface area contributed by atoms with Crippen LogP contribution < -0.4 is 10.1 Å². The molecular formula is C18H19NO4. The number of benzene rings is 2. The Balaban J connectivity index is 2.10. The van der Waals surface area contributed by atoms with Gasteiger partial charge in [-0.3, -0.25) is 4.79 Å². The average Bonchev–Trinajstić information content (AvgIpc) is 2.56. The zero-order chi connectivity index (χ0) is 16.8. The Kier molecular flexibility index (Phi) is 5.36. The summed E-state index contributed by atoms with van der Waals surface area (Å²) in [5.41, 5.74) is 1.64. The smallest absolute Gasteiger partial charge is 0.339 e. The first-order valence-corrected chi connectivity index (χ1v) is 7.23. The number of hydrogen-bond donors (Lipinski definition) is 1. The van der Waals surface area contributed by atoms with Gasteiger partial charge >= 0.3 is 5.97 Å². The van der Waals surface area contributed by atoms with Crippen molar-refractivity contribution in [3.63, 3.8) is 0 Å². The molecule has 2 aromatic carbocycles. The normalized spacial score (nSPS) is 11.4. The summed E-state index contributed by atoms with van der Waals surface area (Å²) in [7, 11) is 1.30. The standard InChI is InChI=1S/C18H19NO4/c1-12-8-4-7-11-16(12)23-13(2)17(20)19-15-10-6-5-9-14(15)18(21)22-3/h4-11,13H,1-3H3,(H,19,20). The van der Waals surface area contributed by atoms with E-state index in [9.17, 15) is 9.59 Å². The van der Waals surface area contributed by atoms with E-state index in [4.69, 9.17) is 9.47 Å². The van der Waals surface area contributed by atoms with Crippen LogP contribution in [0.5, 0.6) is 5.75 Å². The van der Waals surface area contributed by atoms with E-state index in [0.717, 1.165) is 5.56 Å². The summed E-state index contributed by atoms with van der Waals surface area (Å²) in [6.07, 6.45) is -0.707.